The highest BCUT2D eigenvalue weighted by Gasteiger charge is 2.14. The number of H-pyrrole nitrogens is 1. The zero-order valence-corrected chi connectivity index (χ0v) is 12.2. The number of benzene rings is 1. The normalized spacial score (nSPS) is 12.2. The summed E-state index contributed by atoms with van der Waals surface area (Å²) in [5.74, 6) is -0.145. The first-order chi connectivity index (χ1) is 9.63. The van der Waals surface area contributed by atoms with Crippen LogP contribution in [-0.4, -0.2) is 16.1 Å². The van der Waals surface area contributed by atoms with Crippen molar-refractivity contribution in [2.45, 2.75) is 39.7 Å². The van der Waals surface area contributed by atoms with Gasteiger partial charge in [0.2, 0.25) is 0 Å². The van der Waals surface area contributed by atoms with Crippen molar-refractivity contribution in [1.29, 1.82) is 0 Å². The highest BCUT2D eigenvalue weighted by Crippen LogP contribution is 2.14. The van der Waals surface area contributed by atoms with Gasteiger partial charge in [0.25, 0.3) is 5.91 Å². The summed E-state index contributed by atoms with van der Waals surface area (Å²) in [5.41, 5.74) is 3.81. The zero-order chi connectivity index (χ0) is 14.5. The predicted octanol–water partition coefficient (Wildman–Crippen LogP) is 3.03. The number of rotatable bonds is 5. The van der Waals surface area contributed by atoms with Gasteiger partial charge >= 0.3 is 0 Å². The second-order valence-electron chi connectivity index (χ2n) is 4.92. The molecule has 4 heteroatoms. The van der Waals surface area contributed by atoms with Gasteiger partial charge in [-0.25, -0.2) is 0 Å². The molecule has 4 nitrogen and oxygen atoms in total. The van der Waals surface area contributed by atoms with E-state index in [1.807, 2.05) is 13.8 Å². The van der Waals surface area contributed by atoms with Crippen molar-refractivity contribution in [2.24, 2.45) is 0 Å². The zero-order valence-electron chi connectivity index (χ0n) is 12.2. The molecule has 2 aromatic rings. The number of aromatic nitrogens is 2. The van der Waals surface area contributed by atoms with Crippen LogP contribution >= 0.6 is 0 Å². The fourth-order valence-electron chi connectivity index (χ4n) is 2.05. The topological polar surface area (TPSA) is 57.8 Å². The van der Waals surface area contributed by atoms with E-state index in [9.17, 15) is 4.79 Å². The van der Waals surface area contributed by atoms with Crippen molar-refractivity contribution in [2.75, 3.05) is 0 Å². The number of carbonyl (C=O) groups is 1. The molecule has 1 atom stereocenters. The molecule has 0 radical (unpaired) electrons. The lowest BCUT2D eigenvalue weighted by molar-refractivity contribution is 0.0935. The van der Waals surface area contributed by atoms with Crippen LogP contribution in [0.25, 0.3) is 0 Å². The average Bonchev–Trinajstić information content (AvgIpc) is 2.96. The van der Waals surface area contributed by atoms with Crippen LogP contribution in [0.3, 0.4) is 0 Å². The molecule has 20 heavy (non-hydrogen) atoms. The van der Waals surface area contributed by atoms with Gasteiger partial charge in [-0.15, -0.1) is 0 Å². The van der Waals surface area contributed by atoms with Gasteiger partial charge in [0.15, 0.2) is 0 Å². The van der Waals surface area contributed by atoms with Crippen molar-refractivity contribution in [3.8, 4) is 0 Å². The molecule has 0 aliphatic heterocycles. The molecule has 0 spiro atoms. The fourth-order valence-corrected chi connectivity index (χ4v) is 2.05. The number of nitrogens with one attached hydrogen (secondary N) is 2. The minimum absolute atomic E-state index is 0.0322. The Balaban J connectivity index is 2.02. The van der Waals surface area contributed by atoms with Gasteiger partial charge in [0.1, 0.15) is 5.69 Å². The van der Waals surface area contributed by atoms with Gasteiger partial charge in [-0.3, -0.25) is 9.89 Å². The minimum Gasteiger partial charge on any atom is -0.344 e. The molecule has 1 heterocycles. The molecule has 2 rings (SSSR count). The Morgan fingerprint density at radius 1 is 1.25 bits per heavy atom. The molecule has 0 saturated heterocycles. The first-order valence-corrected chi connectivity index (χ1v) is 7.08. The Labute approximate surface area is 119 Å². The smallest absolute Gasteiger partial charge is 0.272 e. The maximum absolute atomic E-state index is 12.1. The van der Waals surface area contributed by atoms with Gasteiger partial charge in [-0.2, -0.15) is 5.10 Å². The third-order valence-corrected chi connectivity index (χ3v) is 3.48. The quantitative estimate of drug-likeness (QED) is 0.878. The lowest BCUT2D eigenvalue weighted by atomic mass is 10.0. The van der Waals surface area contributed by atoms with Crippen LogP contribution in [0.1, 0.15) is 54.1 Å². The second kappa shape index (κ2) is 6.37. The van der Waals surface area contributed by atoms with E-state index in [1.165, 1.54) is 5.56 Å². The summed E-state index contributed by atoms with van der Waals surface area (Å²) < 4.78 is 0. The molecule has 0 aliphatic carbocycles. The molecule has 106 valence electrons. The lowest BCUT2D eigenvalue weighted by Gasteiger charge is -2.13. The molecular weight excluding hydrogens is 250 g/mol. The SMILES string of the molecule is CCc1ccc(C(C)NC(=O)c2cc(CC)[nH]n2)cc1. The molecule has 1 amide bonds. The molecule has 1 aromatic carbocycles. The van der Waals surface area contributed by atoms with E-state index in [-0.39, 0.29) is 11.9 Å². The number of hydrogen-bond acceptors (Lipinski definition) is 2. The van der Waals surface area contributed by atoms with Crippen LogP contribution in [0.15, 0.2) is 30.3 Å². The van der Waals surface area contributed by atoms with Crippen molar-refractivity contribution < 1.29 is 4.79 Å². The highest BCUT2D eigenvalue weighted by molar-refractivity contribution is 5.92. The van der Waals surface area contributed by atoms with Gasteiger partial charge < -0.3 is 5.32 Å². The molecule has 0 aliphatic rings. The van der Waals surface area contributed by atoms with Crippen LogP contribution < -0.4 is 5.32 Å². The Morgan fingerprint density at radius 2 is 1.95 bits per heavy atom. The number of aryl methyl sites for hydroxylation is 2. The van der Waals surface area contributed by atoms with Crippen LogP contribution in [0.2, 0.25) is 0 Å². The third-order valence-electron chi connectivity index (χ3n) is 3.48. The van der Waals surface area contributed by atoms with Crippen molar-refractivity contribution in [3.63, 3.8) is 0 Å². The van der Waals surface area contributed by atoms with Crippen LogP contribution in [0, 0.1) is 0 Å². The summed E-state index contributed by atoms with van der Waals surface area (Å²) in [6, 6.07) is 10.1. The summed E-state index contributed by atoms with van der Waals surface area (Å²) in [5, 5.41) is 9.84. The monoisotopic (exact) mass is 271 g/mol. The van der Waals surface area contributed by atoms with E-state index in [1.54, 1.807) is 6.07 Å². The van der Waals surface area contributed by atoms with Crippen molar-refractivity contribution >= 4 is 5.91 Å². The Morgan fingerprint density at radius 3 is 2.50 bits per heavy atom. The van der Waals surface area contributed by atoms with E-state index in [0.29, 0.717) is 5.69 Å². The molecule has 2 N–H and O–H groups in total. The molecular formula is C16H21N3O. The highest BCUT2D eigenvalue weighted by atomic mass is 16.2. The maximum Gasteiger partial charge on any atom is 0.272 e. The first kappa shape index (κ1) is 14.3. The summed E-state index contributed by atoms with van der Waals surface area (Å²) in [4.78, 5) is 12.1. The second-order valence-corrected chi connectivity index (χ2v) is 4.92. The van der Waals surface area contributed by atoms with E-state index >= 15 is 0 Å². The number of aromatic amines is 1. The summed E-state index contributed by atoms with van der Waals surface area (Å²) >= 11 is 0. The maximum atomic E-state index is 12.1. The summed E-state index contributed by atoms with van der Waals surface area (Å²) in [6.45, 7) is 6.13. The van der Waals surface area contributed by atoms with E-state index in [0.717, 1.165) is 24.1 Å². The number of nitrogens with zero attached hydrogens (tertiary/aromatic N) is 1. The summed E-state index contributed by atoms with van der Waals surface area (Å²) in [6.07, 6.45) is 1.86. The molecule has 1 unspecified atom stereocenters. The van der Waals surface area contributed by atoms with Gasteiger partial charge in [-0.05, 0) is 37.0 Å². The third kappa shape index (κ3) is 3.26. The van der Waals surface area contributed by atoms with Crippen molar-refractivity contribution in [1.82, 2.24) is 15.5 Å². The predicted molar refractivity (Wildman–Crippen MR) is 79.7 cm³/mol. The van der Waals surface area contributed by atoms with Gasteiger partial charge in [0, 0.05) is 5.69 Å². The van der Waals surface area contributed by atoms with E-state index in [2.05, 4.69) is 46.7 Å². The molecule has 0 fully saturated rings. The molecule has 1 aromatic heterocycles. The van der Waals surface area contributed by atoms with Crippen molar-refractivity contribution in [3.05, 3.63) is 52.8 Å². The average molecular weight is 271 g/mol. The van der Waals surface area contributed by atoms with E-state index in [4.69, 9.17) is 0 Å². The standard InChI is InChI=1S/C16H21N3O/c1-4-12-6-8-13(9-7-12)11(3)17-16(20)15-10-14(5-2)18-19-15/h6-11H,4-5H2,1-3H3,(H,17,20)(H,18,19). The number of amides is 1. The van der Waals surface area contributed by atoms with Gasteiger partial charge in [0.05, 0.1) is 6.04 Å². The number of carbonyl (C=O) groups excluding carboxylic acids is 1. The Kier molecular flexibility index (Phi) is 4.56. The molecule has 0 bridgehead atoms. The fraction of sp³-hybridized carbons (Fsp3) is 0.375. The van der Waals surface area contributed by atoms with Crippen LogP contribution in [0.5, 0.6) is 0 Å². The summed E-state index contributed by atoms with van der Waals surface area (Å²) in [7, 11) is 0. The Bertz CT molecular complexity index is 572. The Hall–Kier alpha value is -2.10. The van der Waals surface area contributed by atoms with Crippen LogP contribution in [-0.2, 0) is 12.8 Å². The number of hydrogen-bond donors (Lipinski definition) is 2. The lowest BCUT2D eigenvalue weighted by Crippen LogP contribution is -2.26. The van der Waals surface area contributed by atoms with Gasteiger partial charge in [-0.1, -0.05) is 38.1 Å². The van der Waals surface area contributed by atoms with E-state index < -0.39 is 0 Å². The largest absolute Gasteiger partial charge is 0.344 e. The first-order valence-electron chi connectivity index (χ1n) is 7.08. The van der Waals surface area contributed by atoms with Crippen LogP contribution in [0.4, 0.5) is 0 Å². The molecule has 0 saturated carbocycles. The minimum atomic E-state index is -0.145.